The Morgan fingerprint density at radius 3 is 2.43 bits per heavy atom. The molecule has 72 heavy (non-hydrogen) atoms. The molecule has 1 unspecified atom stereocenters. The molecular weight excluding hydrogens is 918 g/mol. The van der Waals surface area contributed by atoms with Crippen LogP contribution in [0.25, 0.3) is 22.2 Å². The van der Waals surface area contributed by atoms with E-state index >= 15 is 4.39 Å². The van der Waals surface area contributed by atoms with Gasteiger partial charge in [0.25, 0.3) is 17.7 Å². The number of benzene rings is 1. The zero-order chi connectivity index (χ0) is 52.4. The second-order valence-electron chi connectivity index (χ2n) is 22.4. The number of hydrazine groups is 1. The lowest BCUT2D eigenvalue weighted by Gasteiger charge is -2.41. The van der Waals surface area contributed by atoms with E-state index in [0.717, 1.165) is 50.5 Å². The van der Waals surface area contributed by atoms with Crippen molar-refractivity contribution in [1.82, 2.24) is 40.0 Å². The number of aryl methyl sites for hydroxylation is 1. The zero-order valence-electron chi connectivity index (χ0n) is 44.7. The molecule has 6 heterocycles. The molecule has 1 aromatic carbocycles. The fourth-order valence-corrected chi connectivity index (χ4v) is 10.6. The summed E-state index contributed by atoms with van der Waals surface area (Å²) in [6, 6.07) is 7.57. The van der Waals surface area contributed by atoms with E-state index < -0.39 is 76.4 Å². The fourth-order valence-electron chi connectivity index (χ4n) is 10.6. The molecule has 16 nitrogen and oxygen atoms in total. The number of hydrogen-bond donors (Lipinski definition) is 2. The van der Waals surface area contributed by atoms with Crippen LogP contribution in [0, 0.1) is 23.2 Å². The lowest BCUT2D eigenvalue weighted by molar-refractivity contribution is -0.156. The van der Waals surface area contributed by atoms with Crippen molar-refractivity contribution in [3.63, 3.8) is 0 Å². The van der Waals surface area contributed by atoms with Crippen LogP contribution in [-0.2, 0) is 46.4 Å². The number of cyclic esters (lactones) is 1. The summed E-state index contributed by atoms with van der Waals surface area (Å²) < 4.78 is 31.7. The van der Waals surface area contributed by atoms with Crippen molar-refractivity contribution in [3.8, 4) is 23.1 Å². The van der Waals surface area contributed by atoms with Crippen molar-refractivity contribution in [1.29, 1.82) is 0 Å². The second-order valence-corrected chi connectivity index (χ2v) is 22.4. The zero-order valence-corrected chi connectivity index (χ0v) is 44.7. The number of amides is 4. The van der Waals surface area contributed by atoms with Crippen molar-refractivity contribution in [2.45, 2.75) is 149 Å². The number of halogens is 1. The fraction of sp³-hybridized carbons (Fsp3) is 0.636. The predicted octanol–water partition coefficient (Wildman–Crippen LogP) is 5.71. The number of carbonyl (C=O) groups excluding carboxylic acids is 5. The van der Waals surface area contributed by atoms with Gasteiger partial charge in [-0.2, -0.15) is 0 Å². The summed E-state index contributed by atoms with van der Waals surface area (Å²) in [5, 5.41) is 5.48. The number of piperidine rings is 1. The number of alkyl halides is 1. The van der Waals surface area contributed by atoms with Crippen molar-refractivity contribution < 1.29 is 37.8 Å². The smallest absolute Gasteiger partial charge is 0.324 e. The number of carbonyl (C=O) groups is 5. The maximum Gasteiger partial charge on any atom is 0.324 e. The second kappa shape index (κ2) is 21.9. The SMILES string of the molecule is CCn1c(-c2cccnc2C(C)C)c2c3cc(ccc31)N1CCO[C@@H](C[C@H](NC(=O)[C@H](C(C)C)N(C)C(=O)C3(F)CCN(C(=O)C#CC(C)(C)N(C)C)CC3)C(=O)N3CCCC(N3)C(=O)OCC(C)(C)C2)C1. The molecule has 4 aliphatic rings. The Morgan fingerprint density at radius 2 is 1.76 bits per heavy atom. The number of morpholine rings is 1. The Bertz CT molecular complexity index is 2570. The molecule has 0 aliphatic carbocycles. The minimum Gasteiger partial charge on any atom is -0.464 e. The Kier molecular flexibility index (Phi) is 16.5. The molecule has 4 aliphatic heterocycles. The van der Waals surface area contributed by atoms with Gasteiger partial charge in [0.2, 0.25) is 5.91 Å². The van der Waals surface area contributed by atoms with E-state index in [1.54, 1.807) is 13.8 Å². The molecule has 3 fully saturated rings. The lowest BCUT2D eigenvalue weighted by atomic mass is 9.84. The van der Waals surface area contributed by atoms with E-state index in [2.05, 4.69) is 90.9 Å². The van der Waals surface area contributed by atoms with Crippen LogP contribution in [0.5, 0.6) is 0 Å². The van der Waals surface area contributed by atoms with Crippen molar-refractivity contribution >= 4 is 46.2 Å². The van der Waals surface area contributed by atoms with Gasteiger partial charge in [0, 0.05) is 99.3 Å². The van der Waals surface area contributed by atoms with Crippen LogP contribution in [0.1, 0.15) is 112 Å². The maximum atomic E-state index is 16.8. The predicted molar refractivity (Wildman–Crippen MR) is 276 cm³/mol. The largest absolute Gasteiger partial charge is 0.464 e. The highest BCUT2D eigenvalue weighted by Gasteiger charge is 2.48. The third kappa shape index (κ3) is 11.6. The molecule has 3 saturated heterocycles. The van der Waals surface area contributed by atoms with Crippen LogP contribution in [0.3, 0.4) is 0 Å². The van der Waals surface area contributed by atoms with Gasteiger partial charge in [0.15, 0.2) is 5.67 Å². The number of anilines is 1. The molecular formula is C55H78FN9O7. The van der Waals surface area contributed by atoms with Crippen molar-refractivity contribution in [2.75, 3.05) is 72.0 Å². The summed E-state index contributed by atoms with van der Waals surface area (Å²) in [5.74, 6) is 2.50. The minimum atomic E-state index is -2.33. The van der Waals surface area contributed by atoms with Crippen LogP contribution in [0.2, 0.25) is 0 Å². The van der Waals surface area contributed by atoms with E-state index in [1.807, 2.05) is 45.1 Å². The molecule has 17 heteroatoms. The van der Waals surface area contributed by atoms with E-state index in [9.17, 15) is 24.0 Å². The molecule has 4 atom stereocenters. The van der Waals surface area contributed by atoms with Crippen LogP contribution >= 0.6 is 0 Å². The van der Waals surface area contributed by atoms with Gasteiger partial charge < -0.3 is 34.1 Å². The first kappa shape index (κ1) is 54.2. The van der Waals surface area contributed by atoms with Gasteiger partial charge in [-0.05, 0) is 108 Å². The number of nitrogens with one attached hydrogen (secondary N) is 2. The third-order valence-corrected chi connectivity index (χ3v) is 15.2. The molecule has 4 amide bonds. The normalized spacial score (nSPS) is 22.3. The van der Waals surface area contributed by atoms with Crippen LogP contribution in [0.4, 0.5) is 10.1 Å². The molecule has 0 saturated carbocycles. The van der Waals surface area contributed by atoms with E-state index in [0.29, 0.717) is 39.0 Å². The van der Waals surface area contributed by atoms with Gasteiger partial charge in [-0.1, -0.05) is 47.5 Å². The molecule has 0 spiro atoms. The Morgan fingerprint density at radius 1 is 1.04 bits per heavy atom. The molecule has 0 radical (unpaired) electrons. The van der Waals surface area contributed by atoms with E-state index in [4.69, 9.17) is 14.5 Å². The van der Waals surface area contributed by atoms with Crippen molar-refractivity contribution in [2.24, 2.45) is 11.3 Å². The number of nitrogens with zero attached hydrogens (tertiary/aromatic N) is 7. The average Bonchev–Trinajstić information content (AvgIpc) is 3.65. The van der Waals surface area contributed by atoms with Gasteiger partial charge in [0.05, 0.1) is 36.2 Å². The van der Waals surface area contributed by atoms with Gasteiger partial charge in [-0.15, -0.1) is 0 Å². The van der Waals surface area contributed by atoms with Crippen LogP contribution in [-0.4, -0.2) is 161 Å². The Balaban J connectivity index is 1.18. The summed E-state index contributed by atoms with van der Waals surface area (Å²) in [6.45, 7) is 20.5. The average molecular weight is 996 g/mol. The standard InChI is InChI=1S/C55H78FN9O7/c1-13-64-44-19-18-37-30-40(44)41(48(64)39-16-14-24-57-46(39)35(2)3)32-53(6,7)34-72-51(69)42-17-15-25-65(59-42)50(68)43(31-38-33-63(37)28-29-71-38)58-49(67)47(36(4)5)61(12)52(70)55(56)22-26-62(27-23-55)45(66)20-21-54(8,9)60(10)11/h14,16,18-19,24,30,35-36,38,42-43,47,59H,13,15,17,22-23,25-29,31-34H2,1-12H3,(H,58,67)/t38-,42?,43-,47-/m0/s1. The van der Waals surface area contributed by atoms with E-state index in [-0.39, 0.29) is 51.4 Å². The van der Waals surface area contributed by atoms with Gasteiger partial charge in [-0.3, -0.25) is 38.9 Å². The van der Waals surface area contributed by atoms with Crippen LogP contribution < -0.4 is 15.6 Å². The molecule has 3 aromatic rings. The number of likely N-dealkylation sites (tertiary alicyclic amines) is 1. The maximum absolute atomic E-state index is 16.8. The minimum absolute atomic E-state index is 0.0132. The summed E-state index contributed by atoms with van der Waals surface area (Å²) in [5.41, 5.74) is 6.18. The van der Waals surface area contributed by atoms with Gasteiger partial charge in [-0.25, -0.2) is 9.82 Å². The highest BCUT2D eigenvalue weighted by atomic mass is 19.1. The molecule has 6 bridgehead atoms. The first-order valence-electron chi connectivity index (χ1n) is 25.9. The third-order valence-electron chi connectivity index (χ3n) is 15.2. The topological polar surface area (TPSA) is 162 Å². The molecule has 7 rings (SSSR count). The highest BCUT2D eigenvalue weighted by Crippen LogP contribution is 2.42. The summed E-state index contributed by atoms with van der Waals surface area (Å²) in [4.78, 5) is 82.2. The van der Waals surface area contributed by atoms with E-state index in [1.165, 1.54) is 17.0 Å². The highest BCUT2D eigenvalue weighted by molar-refractivity contribution is 5.97. The number of rotatable bonds is 9. The number of likely N-dealkylation sites (N-methyl/N-ethyl adjacent to an activating group) is 1. The Hall–Kier alpha value is -5.57. The summed E-state index contributed by atoms with van der Waals surface area (Å²) >= 11 is 0. The first-order valence-corrected chi connectivity index (χ1v) is 25.9. The number of aromatic nitrogens is 2. The Labute approximate surface area is 425 Å². The van der Waals surface area contributed by atoms with Crippen molar-refractivity contribution in [3.05, 3.63) is 47.8 Å². The molecule has 2 aromatic heterocycles. The quantitative estimate of drug-likeness (QED) is 0.200. The van der Waals surface area contributed by atoms with Gasteiger partial charge in [0.1, 0.15) is 18.1 Å². The first-order chi connectivity index (χ1) is 33.9. The number of esters is 1. The number of fused-ring (bicyclic) bond motifs is 6. The molecule has 392 valence electrons. The molecule has 2 N–H and O–H groups in total. The van der Waals surface area contributed by atoms with Crippen LogP contribution in [0.15, 0.2) is 36.5 Å². The lowest BCUT2D eigenvalue weighted by Crippen LogP contribution is -2.63. The number of pyridine rings is 1. The van der Waals surface area contributed by atoms with Gasteiger partial charge >= 0.3 is 5.97 Å². The number of hydrogen-bond acceptors (Lipinski definition) is 11. The summed E-state index contributed by atoms with van der Waals surface area (Å²) in [7, 11) is 5.15. The summed E-state index contributed by atoms with van der Waals surface area (Å²) in [6.07, 6.45) is 2.47. The monoisotopic (exact) mass is 996 g/mol. The number of ether oxygens (including phenoxy) is 2.